The van der Waals surface area contributed by atoms with E-state index in [0.29, 0.717) is 11.3 Å². The molecule has 0 fully saturated rings. The molecular formula is C41H44Cl2Zr-2. The molecule has 0 heterocycles. The molecule has 1 atom stereocenters. The molecule has 0 bridgehead atoms. The zero-order valence-corrected chi connectivity index (χ0v) is 31.1. The molecule has 6 rings (SSSR count). The molecule has 0 saturated carbocycles. The van der Waals surface area contributed by atoms with Crippen molar-refractivity contribution in [3.8, 4) is 0 Å². The van der Waals surface area contributed by atoms with Gasteiger partial charge in [-0.2, -0.15) is 11.6 Å². The number of rotatable bonds is 4. The third-order valence-corrected chi connectivity index (χ3v) is 9.28. The minimum Gasteiger partial charge on any atom is -1.00 e. The fraction of sp³-hybridized carbons (Fsp3) is 0.268. The van der Waals surface area contributed by atoms with Crippen molar-refractivity contribution in [2.75, 3.05) is 0 Å². The van der Waals surface area contributed by atoms with Crippen molar-refractivity contribution in [3.05, 3.63) is 149 Å². The third-order valence-electron chi connectivity index (χ3n) is 7.86. The number of halogens is 2. The first-order chi connectivity index (χ1) is 20.1. The van der Waals surface area contributed by atoms with Crippen LogP contribution in [0, 0.1) is 31.3 Å². The van der Waals surface area contributed by atoms with E-state index in [0.717, 1.165) is 6.42 Å². The van der Waals surface area contributed by atoms with Crippen molar-refractivity contribution < 1.29 is 49.0 Å². The first-order valence-electron chi connectivity index (χ1n) is 15.2. The van der Waals surface area contributed by atoms with E-state index in [-0.39, 0.29) is 24.8 Å². The summed E-state index contributed by atoms with van der Waals surface area (Å²) in [4.78, 5) is 0. The fourth-order valence-electron chi connectivity index (χ4n) is 5.37. The Bertz CT molecular complexity index is 1600. The second-order valence-electron chi connectivity index (χ2n) is 12.2. The minimum atomic E-state index is 0. The molecule has 1 aliphatic carbocycles. The molecular weight excluding hydrogens is 655 g/mol. The van der Waals surface area contributed by atoms with Gasteiger partial charge in [0.15, 0.2) is 0 Å². The Morgan fingerprint density at radius 1 is 0.705 bits per heavy atom. The maximum Gasteiger partial charge on any atom is -0.0771 e. The quantitative estimate of drug-likeness (QED) is 0.225. The standard InChI is InChI=1S/C15H14.C13H9.C13H21.2ClH.Zr/c1-12-3-7-14(8-4-12)11-15-9-5-13(2)6-10-15;1-3-7-12-10(5-1)9-11-6-2-4-8-13(11)12;1-6-10-8-11(7-2)12(9-10)13(3,4)5;;;/h3-10H,1-2H3;1-9H;9-10H,6-7H2,1-5H3;2*1H;/q;2*-1;;;+2/p-2. The molecule has 44 heavy (non-hydrogen) atoms. The monoisotopic (exact) mass is 696 g/mol. The van der Waals surface area contributed by atoms with E-state index in [1.165, 1.54) is 88.8 Å². The van der Waals surface area contributed by atoms with Gasteiger partial charge >= 0.3 is 112 Å². The number of benzene rings is 4. The smallest absolute Gasteiger partial charge is 0.0771 e. The molecule has 0 amide bonds. The van der Waals surface area contributed by atoms with Crippen LogP contribution in [0.15, 0.2) is 120 Å². The summed E-state index contributed by atoms with van der Waals surface area (Å²) in [5, 5.41) is 5.39. The van der Waals surface area contributed by atoms with Crippen LogP contribution in [-0.4, -0.2) is 3.21 Å². The van der Waals surface area contributed by atoms with E-state index >= 15 is 0 Å². The van der Waals surface area contributed by atoms with Crippen LogP contribution >= 0.6 is 0 Å². The van der Waals surface area contributed by atoms with Crippen molar-refractivity contribution in [1.82, 2.24) is 0 Å². The van der Waals surface area contributed by atoms with Gasteiger partial charge in [-0.05, 0) is 0 Å². The van der Waals surface area contributed by atoms with Gasteiger partial charge < -0.3 is 24.8 Å². The summed E-state index contributed by atoms with van der Waals surface area (Å²) in [6, 6.07) is 36.8. The molecule has 0 radical (unpaired) electrons. The number of hydrogen-bond donors (Lipinski definition) is 0. The van der Waals surface area contributed by atoms with Crippen LogP contribution in [0.1, 0.15) is 69.7 Å². The van der Waals surface area contributed by atoms with E-state index in [1.54, 1.807) is 0 Å². The first-order valence-corrected chi connectivity index (χ1v) is 16.4. The molecule has 5 aromatic carbocycles. The SMILES string of the molecule is CCC1=[C-]C(CC)C=C1C(C)(C)C.Cc1ccc([C](=[Zr+2])c2ccc(C)cc2)cc1.[Cl-].[Cl-].c1ccc2c(c1)[cH-]c1ccccc12. The Morgan fingerprint density at radius 3 is 1.50 bits per heavy atom. The van der Waals surface area contributed by atoms with Gasteiger partial charge in [0.25, 0.3) is 0 Å². The molecule has 228 valence electrons. The Labute approximate surface area is 293 Å². The number of aryl methyl sites for hydroxylation is 2. The molecule has 0 saturated heterocycles. The molecule has 0 aliphatic heterocycles. The van der Waals surface area contributed by atoms with Crippen molar-refractivity contribution in [2.45, 2.75) is 61.3 Å². The van der Waals surface area contributed by atoms with Gasteiger partial charge in [-0.3, -0.25) is 6.08 Å². The van der Waals surface area contributed by atoms with E-state index in [9.17, 15) is 0 Å². The van der Waals surface area contributed by atoms with E-state index in [2.05, 4.69) is 164 Å². The molecule has 0 nitrogen and oxygen atoms in total. The average Bonchev–Trinajstić information content (AvgIpc) is 3.60. The van der Waals surface area contributed by atoms with Crippen LogP contribution in [0.3, 0.4) is 0 Å². The van der Waals surface area contributed by atoms with Gasteiger partial charge in [0.2, 0.25) is 0 Å². The molecule has 3 heteroatoms. The topological polar surface area (TPSA) is 0 Å². The zero-order chi connectivity index (χ0) is 30.3. The number of fused-ring (bicyclic) bond motifs is 3. The van der Waals surface area contributed by atoms with Gasteiger partial charge in [0, 0.05) is 0 Å². The van der Waals surface area contributed by atoms with Crippen LogP contribution in [0.2, 0.25) is 0 Å². The summed E-state index contributed by atoms with van der Waals surface area (Å²) in [7, 11) is 0. The molecule has 5 aromatic rings. The van der Waals surface area contributed by atoms with Crippen molar-refractivity contribution in [3.63, 3.8) is 0 Å². The molecule has 0 N–H and O–H groups in total. The van der Waals surface area contributed by atoms with Gasteiger partial charge in [0.05, 0.1) is 0 Å². The van der Waals surface area contributed by atoms with Crippen LogP contribution in [-0.2, 0) is 24.2 Å². The number of allylic oxidation sites excluding steroid dienone is 4. The normalized spacial score (nSPS) is 13.8. The Hall–Kier alpha value is -2.44. The minimum absolute atomic E-state index is 0. The third kappa shape index (κ3) is 9.78. The second-order valence-corrected chi connectivity index (χ2v) is 13.5. The van der Waals surface area contributed by atoms with Gasteiger partial charge in [-0.1, -0.05) is 95.2 Å². The van der Waals surface area contributed by atoms with Crippen molar-refractivity contribution >= 4 is 24.8 Å². The predicted molar refractivity (Wildman–Crippen MR) is 181 cm³/mol. The molecule has 1 unspecified atom stereocenters. The zero-order valence-electron chi connectivity index (χ0n) is 27.1. The van der Waals surface area contributed by atoms with Crippen LogP contribution in [0.25, 0.3) is 21.5 Å². The van der Waals surface area contributed by atoms with E-state index < -0.39 is 0 Å². The van der Waals surface area contributed by atoms with Gasteiger partial charge in [-0.15, -0.1) is 39.7 Å². The largest absolute Gasteiger partial charge is 1.00 e. The summed E-state index contributed by atoms with van der Waals surface area (Å²) < 4.78 is 1.42. The van der Waals surface area contributed by atoms with Crippen molar-refractivity contribution in [1.29, 1.82) is 0 Å². The summed E-state index contributed by atoms with van der Waals surface area (Å²) in [5.74, 6) is 0.573. The maximum absolute atomic E-state index is 3.57. The average molecular weight is 699 g/mol. The van der Waals surface area contributed by atoms with Gasteiger partial charge in [-0.25, -0.2) is 5.57 Å². The summed E-state index contributed by atoms with van der Waals surface area (Å²) >= 11 is 1.46. The predicted octanol–water partition coefficient (Wildman–Crippen LogP) is 5.28. The first kappa shape index (κ1) is 37.7. The molecule has 1 aliphatic rings. The molecule has 0 spiro atoms. The fourth-order valence-corrected chi connectivity index (χ4v) is 6.19. The Balaban J connectivity index is 0.000000227. The van der Waals surface area contributed by atoms with E-state index in [4.69, 9.17) is 0 Å². The maximum atomic E-state index is 3.57. The van der Waals surface area contributed by atoms with Crippen LogP contribution in [0.4, 0.5) is 0 Å². The number of hydrogen-bond acceptors (Lipinski definition) is 0. The summed E-state index contributed by atoms with van der Waals surface area (Å²) in [6.07, 6.45) is 8.28. The van der Waals surface area contributed by atoms with Crippen LogP contribution in [0.5, 0.6) is 0 Å². The molecule has 0 aromatic heterocycles. The van der Waals surface area contributed by atoms with E-state index in [1.807, 2.05) is 0 Å². The van der Waals surface area contributed by atoms with Crippen LogP contribution < -0.4 is 24.8 Å². The Morgan fingerprint density at radius 2 is 1.14 bits per heavy atom. The Kier molecular flexibility index (Phi) is 14.9. The van der Waals surface area contributed by atoms with Gasteiger partial charge in [0.1, 0.15) is 0 Å². The second kappa shape index (κ2) is 17.3. The summed E-state index contributed by atoms with van der Waals surface area (Å²) in [5.41, 5.74) is 8.57. The summed E-state index contributed by atoms with van der Waals surface area (Å²) in [6.45, 7) is 15.6. The van der Waals surface area contributed by atoms with Crippen molar-refractivity contribution in [2.24, 2.45) is 11.3 Å².